The second kappa shape index (κ2) is 6.54. The van der Waals surface area contributed by atoms with Crippen molar-refractivity contribution in [2.75, 3.05) is 0 Å². The van der Waals surface area contributed by atoms with Gasteiger partial charge in [-0.3, -0.25) is 9.59 Å². The topological polar surface area (TPSA) is 61.2 Å². The first-order valence-corrected chi connectivity index (χ1v) is 11.6. The molecule has 4 aliphatic carbocycles. The molecule has 0 bridgehead atoms. The Morgan fingerprint density at radius 1 is 1.10 bits per heavy atom. The Morgan fingerprint density at radius 3 is 2.53 bits per heavy atom. The molecule has 1 aromatic rings. The van der Waals surface area contributed by atoms with E-state index in [1.54, 1.807) is 11.6 Å². The van der Waals surface area contributed by atoms with E-state index in [1.165, 1.54) is 36.6 Å². The average Bonchev–Trinajstić information content (AvgIpc) is 3.16. The molecule has 5 heteroatoms. The molecule has 5 rings (SSSR count). The first-order chi connectivity index (χ1) is 14.1. The minimum Gasteiger partial charge on any atom is -0.462 e. The Labute approximate surface area is 179 Å². The number of hydrogen-bond acceptors (Lipinski definition) is 4. The molecule has 5 nitrogen and oxygen atoms in total. The van der Waals surface area contributed by atoms with Crippen LogP contribution in [0.5, 0.6) is 0 Å². The maximum absolute atomic E-state index is 12.2. The van der Waals surface area contributed by atoms with E-state index in [2.05, 4.69) is 31.9 Å². The van der Waals surface area contributed by atoms with E-state index in [4.69, 9.17) is 4.74 Å². The number of ether oxygens (including phenoxy) is 1. The highest BCUT2D eigenvalue weighted by molar-refractivity contribution is 5.77. The van der Waals surface area contributed by atoms with E-state index in [1.807, 2.05) is 0 Å². The van der Waals surface area contributed by atoms with Crippen molar-refractivity contribution in [3.8, 4) is 0 Å². The number of fused-ring (bicyclic) bond motifs is 7. The van der Waals surface area contributed by atoms with Crippen LogP contribution in [0.25, 0.3) is 0 Å². The molecule has 162 valence electrons. The molecular weight excluding hydrogens is 376 g/mol. The van der Waals surface area contributed by atoms with Crippen molar-refractivity contribution in [3.63, 3.8) is 0 Å². The fourth-order valence-corrected chi connectivity index (χ4v) is 7.95. The third-order valence-electron chi connectivity index (χ3n) is 9.22. The number of carbonyl (C=O) groups is 2. The van der Waals surface area contributed by atoms with Crippen LogP contribution in [0.1, 0.15) is 88.0 Å². The van der Waals surface area contributed by atoms with Crippen molar-refractivity contribution in [2.45, 2.75) is 91.1 Å². The first-order valence-electron chi connectivity index (χ1n) is 11.6. The van der Waals surface area contributed by atoms with Gasteiger partial charge in [0.2, 0.25) is 5.91 Å². The molecule has 0 unspecified atom stereocenters. The van der Waals surface area contributed by atoms with Crippen LogP contribution < -0.4 is 0 Å². The summed E-state index contributed by atoms with van der Waals surface area (Å²) >= 11 is 0. The Balaban J connectivity index is 1.47. The van der Waals surface area contributed by atoms with Crippen LogP contribution in [-0.4, -0.2) is 27.8 Å². The van der Waals surface area contributed by atoms with E-state index >= 15 is 0 Å². The van der Waals surface area contributed by atoms with Crippen molar-refractivity contribution >= 4 is 11.9 Å². The second-order valence-electron chi connectivity index (χ2n) is 10.7. The fraction of sp³-hybridized carbons (Fsp3) is 0.720. The lowest BCUT2D eigenvalue weighted by Crippen LogP contribution is -2.51. The zero-order valence-electron chi connectivity index (χ0n) is 19.0. The van der Waals surface area contributed by atoms with Gasteiger partial charge in [0.15, 0.2) is 0 Å². The summed E-state index contributed by atoms with van der Waals surface area (Å²) in [7, 11) is 0. The Bertz CT molecular complexity index is 960. The molecule has 1 heterocycles. The Morgan fingerprint density at radius 2 is 1.83 bits per heavy atom. The molecule has 0 radical (unpaired) electrons. The third kappa shape index (κ3) is 2.63. The smallest absolute Gasteiger partial charge is 0.302 e. The summed E-state index contributed by atoms with van der Waals surface area (Å²) in [6.45, 7) is 10.1. The zero-order valence-corrected chi connectivity index (χ0v) is 19.0. The number of aryl methyl sites for hydroxylation is 1. The van der Waals surface area contributed by atoms with Crippen molar-refractivity contribution in [1.82, 2.24) is 9.78 Å². The summed E-state index contributed by atoms with van der Waals surface area (Å²) in [5, 5.41) is 4.60. The molecule has 0 amide bonds. The summed E-state index contributed by atoms with van der Waals surface area (Å²) in [6, 6.07) is 0. The lowest BCUT2D eigenvalue weighted by Gasteiger charge is -2.57. The van der Waals surface area contributed by atoms with Crippen LogP contribution in [0.15, 0.2) is 11.6 Å². The Hall–Kier alpha value is -1.91. The normalized spacial score (nSPS) is 39.3. The van der Waals surface area contributed by atoms with Gasteiger partial charge in [0.1, 0.15) is 6.10 Å². The summed E-state index contributed by atoms with van der Waals surface area (Å²) in [4.78, 5) is 23.7. The number of nitrogens with zero attached hydrogens (tertiary/aromatic N) is 2. The summed E-state index contributed by atoms with van der Waals surface area (Å²) in [6.07, 6.45) is 10.00. The molecule has 0 saturated heterocycles. The maximum Gasteiger partial charge on any atom is 0.302 e. The number of esters is 1. The SMILES string of the molecule is CC(=O)O[C@@H]1CC[C@@]2(C)C(=CC[C@@H]3[C@H]4Cc5c(c(C)nn5C(C)=O)[C@@]4(C)CC[C@@H]32)C1. The average molecular weight is 411 g/mol. The van der Waals surface area contributed by atoms with Crippen LogP contribution >= 0.6 is 0 Å². The van der Waals surface area contributed by atoms with Crippen LogP contribution in [0.4, 0.5) is 0 Å². The van der Waals surface area contributed by atoms with Gasteiger partial charge >= 0.3 is 5.97 Å². The van der Waals surface area contributed by atoms with Gasteiger partial charge in [-0.1, -0.05) is 25.5 Å². The van der Waals surface area contributed by atoms with Gasteiger partial charge in [0.05, 0.1) is 11.4 Å². The summed E-state index contributed by atoms with van der Waals surface area (Å²) in [5.41, 5.74) is 5.45. The number of aromatic nitrogens is 2. The minimum absolute atomic E-state index is 0.0275. The monoisotopic (exact) mass is 410 g/mol. The van der Waals surface area contributed by atoms with Crippen molar-refractivity contribution < 1.29 is 14.3 Å². The van der Waals surface area contributed by atoms with Crippen LogP contribution in [0, 0.1) is 30.1 Å². The van der Waals surface area contributed by atoms with E-state index < -0.39 is 0 Å². The molecule has 0 aromatic carbocycles. The van der Waals surface area contributed by atoms with Gasteiger partial charge in [-0.25, -0.2) is 4.68 Å². The number of hydrogen-bond donors (Lipinski definition) is 0. The first kappa shape index (κ1) is 20.0. The fourth-order valence-electron chi connectivity index (χ4n) is 7.95. The molecule has 0 spiro atoms. The third-order valence-corrected chi connectivity index (χ3v) is 9.22. The predicted octanol–water partition coefficient (Wildman–Crippen LogP) is 4.76. The molecule has 0 aliphatic heterocycles. The van der Waals surface area contributed by atoms with Crippen molar-refractivity contribution in [3.05, 3.63) is 28.6 Å². The predicted molar refractivity (Wildman–Crippen MR) is 114 cm³/mol. The van der Waals surface area contributed by atoms with Gasteiger partial charge in [0, 0.05) is 25.8 Å². The molecule has 0 N–H and O–H groups in total. The lowest BCUT2D eigenvalue weighted by atomic mass is 9.47. The molecule has 30 heavy (non-hydrogen) atoms. The van der Waals surface area contributed by atoms with Crippen LogP contribution in [-0.2, 0) is 21.4 Å². The van der Waals surface area contributed by atoms with Crippen molar-refractivity contribution in [1.29, 1.82) is 0 Å². The van der Waals surface area contributed by atoms with E-state index in [0.29, 0.717) is 17.8 Å². The van der Waals surface area contributed by atoms with Crippen molar-refractivity contribution in [2.24, 2.45) is 23.2 Å². The summed E-state index contributed by atoms with van der Waals surface area (Å²) < 4.78 is 7.25. The highest BCUT2D eigenvalue weighted by atomic mass is 16.5. The van der Waals surface area contributed by atoms with Gasteiger partial charge in [-0.15, -0.1) is 0 Å². The van der Waals surface area contributed by atoms with Crippen LogP contribution in [0.3, 0.4) is 0 Å². The maximum atomic E-state index is 12.2. The van der Waals surface area contributed by atoms with Gasteiger partial charge < -0.3 is 4.74 Å². The highest BCUT2D eigenvalue weighted by Crippen LogP contribution is 2.64. The highest BCUT2D eigenvalue weighted by Gasteiger charge is 2.59. The minimum atomic E-state index is -0.162. The number of carbonyl (C=O) groups excluding carboxylic acids is 2. The standard InChI is InChI=1S/C25H34N2O3/c1-14-23-22(27(26-14)15(2)28)13-21-19-7-6-17-12-18(30-16(3)29)8-10-24(17,4)20(19)9-11-25(21,23)5/h6,18-21H,7-13H2,1-5H3/t18-,19+,20+,21-,24+,25+/m1/s1. The molecular formula is C25H34N2O3. The second-order valence-corrected chi connectivity index (χ2v) is 10.7. The van der Waals surface area contributed by atoms with Gasteiger partial charge in [-0.05, 0) is 74.0 Å². The largest absolute Gasteiger partial charge is 0.462 e. The number of rotatable bonds is 1. The van der Waals surface area contributed by atoms with E-state index in [-0.39, 0.29) is 28.8 Å². The molecule has 4 aliphatic rings. The van der Waals surface area contributed by atoms with E-state index in [0.717, 1.165) is 37.8 Å². The van der Waals surface area contributed by atoms with E-state index in [9.17, 15) is 9.59 Å². The lowest BCUT2D eigenvalue weighted by molar-refractivity contribution is -0.148. The molecule has 2 saturated carbocycles. The molecule has 1 aromatic heterocycles. The Kier molecular flexibility index (Phi) is 4.37. The number of allylic oxidation sites excluding steroid dienone is 1. The quantitative estimate of drug-likeness (QED) is 0.495. The van der Waals surface area contributed by atoms with Crippen LogP contribution in [0.2, 0.25) is 0 Å². The van der Waals surface area contributed by atoms with Gasteiger partial charge in [-0.2, -0.15) is 5.10 Å². The zero-order chi connectivity index (χ0) is 21.4. The summed E-state index contributed by atoms with van der Waals surface area (Å²) in [5.74, 6) is 1.77. The van der Waals surface area contributed by atoms with Gasteiger partial charge in [0.25, 0.3) is 0 Å². The molecule has 6 atom stereocenters. The molecule has 2 fully saturated rings.